The molecule has 0 aliphatic rings. The third-order valence-corrected chi connectivity index (χ3v) is 1.78. The quantitative estimate of drug-likeness (QED) is 0.679. The van der Waals surface area contributed by atoms with Gasteiger partial charge in [-0.15, -0.1) is 0 Å². The third kappa shape index (κ3) is 1.64. The minimum absolute atomic E-state index is 0.0547. The molecule has 11 heavy (non-hydrogen) atoms. The first kappa shape index (κ1) is 8.37. The molecule has 0 amide bonds. The Labute approximate surface area is 70.1 Å². The Balaban J connectivity index is 3.21. The molecule has 0 fully saturated rings. The fourth-order valence-electron chi connectivity index (χ4n) is 0.899. The Hall–Kier alpha value is -0.730. The van der Waals surface area contributed by atoms with Crippen LogP contribution in [-0.2, 0) is 6.61 Å². The van der Waals surface area contributed by atoms with Gasteiger partial charge >= 0.3 is 0 Å². The summed E-state index contributed by atoms with van der Waals surface area (Å²) in [7, 11) is 0. The molecule has 0 atom stereocenters. The van der Waals surface area contributed by atoms with Crippen molar-refractivity contribution in [1.29, 1.82) is 0 Å². The molecule has 2 N–H and O–H groups in total. The predicted molar refractivity (Wildman–Crippen MR) is 43.8 cm³/mol. The lowest BCUT2D eigenvalue weighted by atomic mass is 10.1. The Bertz CT molecular complexity index is 248. The first-order chi connectivity index (χ1) is 5.15. The third-order valence-electron chi connectivity index (χ3n) is 1.50. The fraction of sp³-hybridized carbons (Fsp3) is 0.250. The maximum absolute atomic E-state index is 9.21. The summed E-state index contributed by atoms with van der Waals surface area (Å²) < 4.78 is 0. The second-order valence-corrected chi connectivity index (χ2v) is 2.81. The van der Waals surface area contributed by atoms with Gasteiger partial charge in [-0.05, 0) is 24.1 Å². The summed E-state index contributed by atoms with van der Waals surface area (Å²) in [6.07, 6.45) is 0. The van der Waals surface area contributed by atoms with Gasteiger partial charge in [0.05, 0.1) is 11.6 Å². The lowest BCUT2D eigenvalue weighted by molar-refractivity contribution is 0.281. The minimum Gasteiger partial charge on any atom is -0.506 e. The van der Waals surface area contributed by atoms with Crippen molar-refractivity contribution in [3.8, 4) is 5.75 Å². The molecule has 60 valence electrons. The zero-order chi connectivity index (χ0) is 8.43. The van der Waals surface area contributed by atoms with Gasteiger partial charge < -0.3 is 10.2 Å². The Morgan fingerprint density at radius 3 is 2.55 bits per heavy atom. The van der Waals surface area contributed by atoms with Gasteiger partial charge in [-0.1, -0.05) is 17.7 Å². The summed E-state index contributed by atoms with van der Waals surface area (Å²) in [4.78, 5) is 0. The summed E-state index contributed by atoms with van der Waals surface area (Å²) in [6, 6.07) is 3.24. The van der Waals surface area contributed by atoms with Gasteiger partial charge in [0.2, 0.25) is 0 Å². The number of hydrogen-bond donors (Lipinski definition) is 2. The van der Waals surface area contributed by atoms with Gasteiger partial charge in [0, 0.05) is 0 Å². The Morgan fingerprint density at radius 2 is 2.09 bits per heavy atom. The second kappa shape index (κ2) is 3.11. The zero-order valence-electron chi connectivity index (χ0n) is 6.13. The van der Waals surface area contributed by atoms with Crippen molar-refractivity contribution in [2.75, 3.05) is 0 Å². The topological polar surface area (TPSA) is 40.5 Å². The van der Waals surface area contributed by atoms with E-state index in [-0.39, 0.29) is 17.4 Å². The fourth-order valence-corrected chi connectivity index (χ4v) is 1.19. The monoisotopic (exact) mass is 172 g/mol. The lowest BCUT2D eigenvalue weighted by Gasteiger charge is -2.03. The Morgan fingerprint density at radius 1 is 1.45 bits per heavy atom. The van der Waals surface area contributed by atoms with E-state index >= 15 is 0 Å². The minimum atomic E-state index is -0.0547. The SMILES string of the molecule is Cc1cc(CO)cc(Cl)c1O. The molecule has 0 bridgehead atoms. The first-order valence-electron chi connectivity index (χ1n) is 3.24. The number of aromatic hydroxyl groups is 1. The maximum Gasteiger partial charge on any atom is 0.137 e. The molecule has 1 rings (SSSR count). The molecule has 0 unspecified atom stereocenters. The molecule has 0 spiro atoms. The van der Waals surface area contributed by atoms with Crippen molar-refractivity contribution < 1.29 is 10.2 Å². The van der Waals surface area contributed by atoms with Crippen LogP contribution >= 0.6 is 11.6 Å². The summed E-state index contributed by atoms with van der Waals surface area (Å²) in [5, 5.41) is 18.2. The molecule has 2 nitrogen and oxygen atoms in total. The van der Waals surface area contributed by atoms with E-state index in [9.17, 15) is 5.11 Å². The highest BCUT2D eigenvalue weighted by atomic mass is 35.5. The van der Waals surface area contributed by atoms with Gasteiger partial charge in [-0.2, -0.15) is 0 Å². The molecule has 1 aromatic carbocycles. The molecule has 0 saturated heterocycles. The summed E-state index contributed by atoms with van der Waals surface area (Å²) >= 11 is 5.64. The summed E-state index contributed by atoms with van der Waals surface area (Å²) in [6.45, 7) is 1.68. The molecular weight excluding hydrogens is 164 g/mol. The van der Waals surface area contributed by atoms with Crippen molar-refractivity contribution in [3.63, 3.8) is 0 Å². The number of phenols is 1. The van der Waals surface area contributed by atoms with Gasteiger partial charge in [-0.25, -0.2) is 0 Å². The lowest BCUT2D eigenvalue weighted by Crippen LogP contribution is -1.85. The number of hydrogen-bond acceptors (Lipinski definition) is 2. The van der Waals surface area contributed by atoms with E-state index in [1.165, 1.54) is 0 Å². The molecule has 0 heterocycles. The van der Waals surface area contributed by atoms with Gasteiger partial charge in [0.25, 0.3) is 0 Å². The predicted octanol–water partition coefficient (Wildman–Crippen LogP) is 1.85. The normalized spacial score (nSPS) is 10.1. The average Bonchev–Trinajstić information content (AvgIpc) is 1.99. The molecule has 0 aromatic heterocycles. The van der Waals surface area contributed by atoms with Crippen LogP contribution in [0, 0.1) is 6.92 Å². The van der Waals surface area contributed by atoms with Gasteiger partial charge in [-0.3, -0.25) is 0 Å². The van der Waals surface area contributed by atoms with E-state index in [4.69, 9.17) is 16.7 Å². The van der Waals surface area contributed by atoms with Gasteiger partial charge in [0.15, 0.2) is 0 Å². The average molecular weight is 173 g/mol. The van der Waals surface area contributed by atoms with Crippen molar-refractivity contribution in [2.45, 2.75) is 13.5 Å². The van der Waals surface area contributed by atoms with Crippen LogP contribution in [0.2, 0.25) is 5.02 Å². The molecular formula is C8H9ClO2. The van der Waals surface area contributed by atoms with Crippen LogP contribution in [0.5, 0.6) is 5.75 Å². The molecule has 0 saturated carbocycles. The van der Waals surface area contributed by atoms with Crippen LogP contribution < -0.4 is 0 Å². The molecule has 0 aliphatic carbocycles. The molecule has 1 aromatic rings. The highest BCUT2D eigenvalue weighted by molar-refractivity contribution is 6.32. The highest BCUT2D eigenvalue weighted by Crippen LogP contribution is 2.28. The van der Waals surface area contributed by atoms with Crippen molar-refractivity contribution >= 4 is 11.6 Å². The number of halogens is 1. The summed E-state index contributed by atoms with van der Waals surface area (Å²) in [5.41, 5.74) is 1.40. The van der Waals surface area contributed by atoms with Crippen LogP contribution in [0.4, 0.5) is 0 Å². The van der Waals surface area contributed by atoms with E-state index in [1.807, 2.05) is 0 Å². The number of phenolic OH excluding ortho intramolecular Hbond substituents is 1. The largest absolute Gasteiger partial charge is 0.506 e. The first-order valence-corrected chi connectivity index (χ1v) is 3.62. The maximum atomic E-state index is 9.21. The van der Waals surface area contributed by atoms with E-state index < -0.39 is 0 Å². The van der Waals surface area contributed by atoms with Crippen LogP contribution in [0.15, 0.2) is 12.1 Å². The standard InChI is InChI=1S/C8H9ClO2/c1-5-2-6(4-10)3-7(9)8(5)11/h2-3,10-11H,4H2,1H3. The van der Waals surface area contributed by atoms with Gasteiger partial charge in [0.1, 0.15) is 5.75 Å². The number of aliphatic hydroxyl groups excluding tert-OH is 1. The van der Waals surface area contributed by atoms with Crippen LogP contribution in [0.3, 0.4) is 0 Å². The van der Waals surface area contributed by atoms with E-state index in [2.05, 4.69) is 0 Å². The van der Waals surface area contributed by atoms with Crippen LogP contribution in [0.1, 0.15) is 11.1 Å². The summed E-state index contributed by atoms with van der Waals surface area (Å²) in [5.74, 6) is 0.0869. The molecule has 3 heteroatoms. The zero-order valence-corrected chi connectivity index (χ0v) is 6.89. The van der Waals surface area contributed by atoms with E-state index in [0.717, 1.165) is 0 Å². The molecule has 0 radical (unpaired) electrons. The number of aliphatic hydroxyl groups is 1. The van der Waals surface area contributed by atoms with E-state index in [0.29, 0.717) is 11.1 Å². The smallest absolute Gasteiger partial charge is 0.137 e. The van der Waals surface area contributed by atoms with E-state index in [1.54, 1.807) is 19.1 Å². The van der Waals surface area contributed by atoms with Crippen molar-refractivity contribution in [2.24, 2.45) is 0 Å². The number of benzene rings is 1. The number of aryl methyl sites for hydroxylation is 1. The Kier molecular flexibility index (Phi) is 2.37. The van der Waals surface area contributed by atoms with Crippen molar-refractivity contribution in [3.05, 3.63) is 28.3 Å². The van der Waals surface area contributed by atoms with Crippen molar-refractivity contribution in [1.82, 2.24) is 0 Å². The van der Waals surface area contributed by atoms with Crippen LogP contribution in [-0.4, -0.2) is 10.2 Å². The highest BCUT2D eigenvalue weighted by Gasteiger charge is 2.03. The van der Waals surface area contributed by atoms with Crippen LogP contribution in [0.25, 0.3) is 0 Å². The number of rotatable bonds is 1. The molecule has 0 aliphatic heterocycles. The second-order valence-electron chi connectivity index (χ2n) is 2.40.